The fourth-order valence-electron chi connectivity index (χ4n) is 2.56. The number of carbonyl (C=O) groups excluding carboxylic acids is 4. The van der Waals surface area contributed by atoms with E-state index in [4.69, 9.17) is 10.5 Å². The molecule has 4 amide bonds. The lowest BCUT2D eigenvalue weighted by Crippen LogP contribution is -2.52. The Labute approximate surface area is 187 Å². The second-order valence-corrected chi connectivity index (χ2v) is 8.90. The number of rotatable bonds is 11. The first-order chi connectivity index (χ1) is 14.5. The largest absolute Gasteiger partial charge is 0.444 e. The molecule has 0 aliphatic rings. The van der Waals surface area contributed by atoms with E-state index in [2.05, 4.69) is 16.0 Å². The number of nitrogens with one attached hydrogen (secondary N) is 3. The molecule has 0 saturated carbocycles. The van der Waals surface area contributed by atoms with E-state index in [0.717, 1.165) is 5.56 Å². The minimum absolute atomic E-state index is 0.242. The van der Waals surface area contributed by atoms with Crippen molar-refractivity contribution in [3.05, 3.63) is 35.9 Å². The minimum Gasteiger partial charge on any atom is -0.444 e. The van der Waals surface area contributed by atoms with Gasteiger partial charge in [0.15, 0.2) is 0 Å². The maximum atomic E-state index is 12.5. The molecule has 5 N–H and O–H groups in total. The third-order valence-corrected chi connectivity index (χ3v) is 4.65. The number of alkyl carbamates (subject to hydrolysis) is 1. The van der Waals surface area contributed by atoms with Crippen LogP contribution in [0, 0.1) is 0 Å². The van der Waals surface area contributed by atoms with Gasteiger partial charge in [-0.1, -0.05) is 30.3 Å². The summed E-state index contributed by atoms with van der Waals surface area (Å²) in [5.41, 5.74) is 5.53. The Morgan fingerprint density at radius 3 is 2.26 bits per heavy atom. The predicted molar refractivity (Wildman–Crippen MR) is 120 cm³/mol. The third-order valence-electron chi connectivity index (χ3n) is 4.00. The lowest BCUT2D eigenvalue weighted by atomic mass is 10.1. The Balaban J connectivity index is 2.62. The highest BCUT2D eigenvalue weighted by molar-refractivity contribution is 7.98. The van der Waals surface area contributed by atoms with E-state index in [1.165, 1.54) is 11.8 Å². The van der Waals surface area contributed by atoms with E-state index in [0.29, 0.717) is 12.2 Å². The van der Waals surface area contributed by atoms with Crippen LogP contribution < -0.4 is 21.7 Å². The zero-order chi connectivity index (χ0) is 23.4. The standard InChI is InChI=1S/C21H32N4O5S/c1-21(2,3)30-20(29)25-15(10-11-31-4)19(28)23-13-17(26)24-16(18(22)27)12-14-8-6-5-7-9-14/h5-9,15-16H,10-13H2,1-4H3,(H2,22,27)(H,23,28)(H,24,26)(H,25,29)/t15-,16+/m1/s1. The molecule has 0 heterocycles. The highest BCUT2D eigenvalue weighted by atomic mass is 32.2. The molecule has 1 rings (SSSR count). The van der Waals surface area contributed by atoms with Gasteiger partial charge in [0.2, 0.25) is 17.7 Å². The molecule has 10 heteroatoms. The minimum atomic E-state index is -0.904. The molecule has 0 aliphatic heterocycles. The van der Waals surface area contributed by atoms with Gasteiger partial charge in [-0.25, -0.2) is 4.79 Å². The number of ether oxygens (including phenoxy) is 1. The summed E-state index contributed by atoms with van der Waals surface area (Å²) >= 11 is 1.52. The van der Waals surface area contributed by atoms with Crippen LogP contribution in [0.3, 0.4) is 0 Å². The van der Waals surface area contributed by atoms with Crippen LogP contribution in [0.15, 0.2) is 30.3 Å². The van der Waals surface area contributed by atoms with Crippen LogP contribution in [0.4, 0.5) is 4.79 Å². The summed E-state index contributed by atoms with van der Waals surface area (Å²) in [7, 11) is 0. The first-order valence-corrected chi connectivity index (χ1v) is 11.3. The molecule has 0 aliphatic carbocycles. The predicted octanol–water partition coefficient (Wildman–Crippen LogP) is 0.962. The molecule has 0 aromatic heterocycles. The van der Waals surface area contributed by atoms with E-state index < -0.39 is 41.5 Å². The van der Waals surface area contributed by atoms with Gasteiger partial charge >= 0.3 is 6.09 Å². The summed E-state index contributed by atoms with van der Waals surface area (Å²) in [6, 6.07) is 7.37. The zero-order valence-electron chi connectivity index (χ0n) is 18.4. The summed E-state index contributed by atoms with van der Waals surface area (Å²) < 4.78 is 5.19. The average Bonchev–Trinajstić information content (AvgIpc) is 2.68. The number of hydrogen-bond acceptors (Lipinski definition) is 6. The quantitative estimate of drug-likeness (QED) is 0.394. The van der Waals surface area contributed by atoms with Crippen molar-refractivity contribution in [2.45, 2.75) is 51.3 Å². The van der Waals surface area contributed by atoms with Crippen LogP contribution in [0.5, 0.6) is 0 Å². The van der Waals surface area contributed by atoms with Crippen LogP contribution >= 0.6 is 11.8 Å². The Hall–Kier alpha value is -2.75. The lowest BCUT2D eigenvalue weighted by molar-refractivity contribution is -0.129. The van der Waals surface area contributed by atoms with Crippen molar-refractivity contribution < 1.29 is 23.9 Å². The topological polar surface area (TPSA) is 140 Å². The average molecular weight is 453 g/mol. The van der Waals surface area contributed by atoms with Gasteiger partial charge in [-0.2, -0.15) is 11.8 Å². The van der Waals surface area contributed by atoms with E-state index in [-0.39, 0.29) is 13.0 Å². The highest BCUT2D eigenvalue weighted by Crippen LogP contribution is 2.08. The van der Waals surface area contributed by atoms with Gasteiger partial charge in [0.05, 0.1) is 6.54 Å². The molecule has 2 atom stereocenters. The van der Waals surface area contributed by atoms with E-state index in [1.54, 1.807) is 20.8 Å². The Morgan fingerprint density at radius 2 is 1.71 bits per heavy atom. The van der Waals surface area contributed by atoms with Crippen molar-refractivity contribution >= 4 is 35.6 Å². The number of hydrogen-bond donors (Lipinski definition) is 4. The van der Waals surface area contributed by atoms with Crippen molar-refractivity contribution in [1.29, 1.82) is 0 Å². The number of nitrogens with two attached hydrogens (primary N) is 1. The fourth-order valence-corrected chi connectivity index (χ4v) is 3.03. The molecule has 0 saturated heterocycles. The number of carbonyl (C=O) groups is 4. The molecule has 172 valence electrons. The molecule has 0 unspecified atom stereocenters. The Morgan fingerprint density at radius 1 is 1.06 bits per heavy atom. The molecule has 0 radical (unpaired) electrons. The summed E-state index contributed by atoms with van der Waals surface area (Å²) in [5.74, 6) is -1.13. The summed E-state index contributed by atoms with van der Waals surface area (Å²) in [6.45, 7) is 4.80. The molecule has 31 heavy (non-hydrogen) atoms. The van der Waals surface area contributed by atoms with Crippen molar-refractivity contribution in [1.82, 2.24) is 16.0 Å². The molecule has 1 aromatic rings. The maximum Gasteiger partial charge on any atom is 0.408 e. The van der Waals surface area contributed by atoms with Crippen LogP contribution in [-0.4, -0.2) is 60.1 Å². The molecule has 0 bridgehead atoms. The Kier molecular flexibility index (Phi) is 10.9. The van der Waals surface area contributed by atoms with Gasteiger partial charge in [0.1, 0.15) is 17.7 Å². The van der Waals surface area contributed by atoms with Gasteiger partial charge in [0.25, 0.3) is 0 Å². The molecular formula is C21H32N4O5S. The van der Waals surface area contributed by atoms with Gasteiger partial charge in [-0.05, 0) is 44.8 Å². The molecule has 9 nitrogen and oxygen atoms in total. The van der Waals surface area contributed by atoms with Crippen molar-refractivity contribution in [2.75, 3.05) is 18.6 Å². The van der Waals surface area contributed by atoms with E-state index in [1.807, 2.05) is 36.6 Å². The third kappa shape index (κ3) is 11.3. The number of amides is 4. The van der Waals surface area contributed by atoms with Crippen molar-refractivity contribution in [2.24, 2.45) is 5.73 Å². The first-order valence-electron chi connectivity index (χ1n) is 9.90. The van der Waals surface area contributed by atoms with Crippen LogP contribution in [-0.2, 0) is 25.5 Å². The second-order valence-electron chi connectivity index (χ2n) is 7.91. The van der Waals surface area contributed by atoms with E-state index in [9.17, 15) is 19.2 Å². The monoisotopic (exact) mass is 452 g/mol. The zero-order valence-corrected chi connectivity index (χ0v) is 19.2. The molecule has 1 aromatic carbocycles. The number of benzene rings is 1. The smallest absolute Gasteiger partial charge is 0.408 e. The van der Waals surface area contributed by atoms with Gasteiger partial charge in [0, 0.05) is 6.42 Å². The number of primary amides is 1. The van der Waals surface area contributed by atoms with E-state index >= 15 is 0 Å². The summed E-state index contributed by atoms with van der Waals surface area (Å²) in [6.07, 6.45) is 1.78. The van der Waals surface area contributed by atoms with Crippen LogP contribution in [0.25, 0.3) is 0 Å². The van der Waals surface area contributed by atoms with Crippen LogP contribution in [0.1, 0.15) is 32.8 Å². The Bertz CT molecular complexity index is 752. The van der Waals surface area contributed by atoms with Crippen molar-refractivity contribution in [3.8, 4) is 0 Å². The highest BCUT2D eigenvalue weighted by Gasteiger charge is 2.25. The van der Waals surface area contributed by atoms with Crippen LogP contribution in [0.2, 0.25) is 0 Å². The fraction of sp³-hybridized carbons (Fsp3) is 0.524. The number of thioether (sulfide) groups is 1. The molecule has 0 spiro atoms. The van der Waals surface area contributed by atoms with Crippen molar-refractivity contribution in [3.63, 3.8) is 0 Å². The maximum absolute atomic E-state index is 12.5. The summed E-state index contributed by atoms with van der Waals surface area (Å²) in [5, 5.41) is 7.55. The van der Waals surface area contributed by atoms with Gasteiger partial charge < -0.3 is 26.4 Å². The normalized spacial score (nSPS) is 12.9. The van der Waals surface area contributed by atoms with Gasteiger partial charge in [-0.3, -0.25) is 14.4 Å². The first kappa shape index (κ1) is 26.3. The SMILES string of the molecule is CSCC[C@@H](NC(=O)OC(C)(C)C)C(=O)NCC(=O)N[C@@H](Cc1ccccc1)C(N)=O. The second kappa shape index (κ2) is 12.8. The van der Waals surface area contributed by atoms with Gasteiger partial charge in [-0.15, -0.1) is 0 Å². The summed E-state index contributed by atoms with van der Waals surface area (Å²) in [4.78, 5) is 48.5. The molecular weight excluding hydrogens is 420 g/mol. The lowest BCUT2D eigenvalue weighted by Gasteiger charge is -2.23. The molecule has 0 fully saturated rings.